The van der Waals surface area contributed by atoms with Crippen LogP contribution in [0.15, 0.2) is 36.4 Å². The first kappa shape index (κ1) is 13.9. The fourth-order valence-corrected chi connectivity index (χ4v) is 3.77. The van der Waals surface area contributed by atoms with Gasteiger partial charge in [-0.3, -0.25) is 0 Å². The highest BCUT2D eigenvalue weighted by Gasteiger charge is 2.15. The molecule has 0 radical (unpaired) electrons. The predicted molar refractivity (Wildman–Crippen MR) is 88.0 cm³/mol. The second kappa shape index (κ2) is 6.61. The van der Waals surface area contributed by atoms with Crippen molar-refractivity contribution in [2.45, 2.75) is 19.4 Å². The van der Waals surface area contributed by atoms with E-state index >= 15 is 0 Å². The Hall–Kier alpha value is -1.03. The third-order valence-electron chi connectivity index (χ3n) is 3.69. The number of aryl methyl sites for hydroxylation is 1. The van der Waals surface area contributed by atoms with Gasteiger partial charge in [0.15, 0.2) is 0 Å². The maximum absolute atomic E-state index is 5.93. The standard InChI is InChI=1S/C16H19ClN2S/c17-16-8-7-14(20-16)12-18-9-11-19-10-3-5-13-4-1-2-6-15(13)19/h1-2,4,6-8,18H,3,5,9-12H2. The fraction of sp³-hybridized carbons (Fsp3) is 0.375. The van der Waals surface area contributed by atoms with Crippen molar-refractivity contribution in [3.8, 4) is 0 Å². The van der Waals surface area contributed by atoms with Gasteiger partial charge in [-0.25, -0.2) is 0 Å². The molecule has 0 amide bonds. The highest BCUT2D eigenvalue weighted by Crippen LogP contribution is 2.26. The molecule has 20 heavy (non-hydrogen) atoms. The van der Waals surface area contributed by atoms with Crippen LogP contribution in [0.3, 0.4) is 0 Å². The van der Waals surface area contributed by atoms with Gasteiger partial charge in [-0.05, 0) is 36.6 Å². The molecule has 2 aromatic rings. The summed E-state index contributed by atoms with van der Waals surface area (Å²) in [6, 6.07) is 12.8. The molecular formula is C16H19ClN2S. The van der Waals surface area contributed by atoms with Crippen LogP contribution in [-0.2, 0) is 13.0 Å². The molecule has 4 heteroatoms. The predicted octanol–water partition coefficient (Wildman–Crippen LogP) is 3.94. The monoisotopic (exact) mass is 306 g/mol. The molecule has 1 N–H and O–H groups in total. The lowest BCUT2D eigenvalue weighted by molar-refractivity contribution is 0.633. The topological polar surface area (TPSA) is 15.3 Å². The van der Waals surface area contributed by atoms with Gasteiger partial charge in [0.2, 0.25) is 0 Å². The quantitative estimate of drug-likeness (QED) is 0.842. The number of hydrogen-bond donors (Lipinski definition) is 1. The SMILES string of the molecule is Clc1ccc(CNCCN2CCCc3ccccc32)s1. The fourth-order valence-electron chi connectivity index (χ4n) is 2.72. The number of halogens is 1. The molecule has 3 rings (SSSR count). The normalized spacial score (nSPS) is 14.3. The molecule has 2 heterocycles. The van der Waals surface area contributed by atoms with Crippen molar-refractivity contribution in [2.24, 2.45) is 0 Å². The van der Waals surface area contributed by atoms with Crippen molar-refractivity contribution in [1.29, 1.82) is 0 Å². The Morgan fingerprint density at radius 3 is 2.95 bits per heavy atom. The average Bonchev–Trinajstić information content (AvgIpc) is 2.89. The minimum Gasteiger partial charge on any atom is -0.370 e. The molecule has 0 aliphatic carbocycles. The second-order valence-corrected chi connectivity index (χ2v) is 6.90. The Labute approximate surface area is 129 Å². The van der Waals surface area contributed by atoms with Crippen LogP contribution in [0.4, 0.5) is 5.69 Å². The highest BCUT2D eigenvalue weighted by atomic mass is 35.5. The number of rotatable bonds is 5. The summed E-state index contributed by atoms with van der Waals surface area (Å²) in [6.07, 6.45) is 2.48. The Bertz CT molecular complexity index is 567. The van der Waals surface area contributed by atoms with E-state index in [4.69, 9.17) is 11.6 Å². The number of nitrogens with zero attached hydrogens (tertiary/aromatic N) is 1. The van der Waals surface area contributed by atoms with Gasteiger partial charge in [0.25, 0.3) is 0 Å². The molecule has 0 bridgehead atoms. The Morgan fingerprint density at radius 2 is 2.10 bits per heavy atom. The van der Waals surface area contributed by atoms with E-state index in [1.54, 1.807) is 11.3 Å². The van der Waals surface area contributed by atoms with Crippen LogP contribution in [-0.4, -0.2) is 19.6 Å². The van der Waals surface area contributed by atoms with Crippen LogP contribution >= 0.6 is 22.9 Å². The Morgan fingerprint density at radius 1 is 1.20 bits per heavy atom. The van der Waals surface area contributed by atoms with Crippen molar-refractivity contribution < 1.29 is 0 Å². The van der Waals surface area contributed by atoms with E-state index in [2.05, 4.69) is 40.5 Å². The van der Waals surface area contributed by atoms with Crippen molar-refractivity contribution in [3.05, 3.63) is 51.2 Å². The summed E-state index contributed by atoms with van der Waals surface area (Å²) in [5.74, 6) is 0. The van der Waals surface area contributed by atoms with Gasteiger partial charge in [-0.15, -0.1) is 11.3 Å². The van der Waals surface area contributed by atoms with Crippen LogP contribution in [0.2, 0.25) is 4.34 Å². The van der Waals surface area contributed by atoms with Crippen LogP contribution in [0.1, 0.15) is 16.9 Å². The first-order valence-corrected chi connectivity index (χ1v) is 8.30. The lowest BCUT2D eigenvalue weighted by Gasteiger charge is -2.31. The molecule has 0 atom stereocenters. The minimum absolute atomic E-state index is 0.867. The lowest BCUT2D eigenvalue weighted by Crippen LogP contribution is -2.35. The smallest absolute Gasteiger partial charge is 0.0931 e. The van der Waals surface area contributed by atoms with Gasteiger partial charge in [0.05, 0.1) is 4.34 Å². The van der Waals surface area contributed by atoms with E-state index < -0.39 is 0 Å². The molecule has 0 unspecified atom stereocenters. The van der Waals surface area contributed by atoms with Crippen LogP contribution in [0.5, 0.6) is 0 Å². The van der Waals surface area contributed by atoms with Crippen LogP contribution in [0, 0.1) is 0 Å². The number of fused-ring (bicyclic) bond motifs is 1. The van der Waals surface area contributed by atoms with Gasteiger partial charge in [-0.2, -0.15) is 0 Å². The second-order valence-electron chi connectivity index (χ2n) is 5.10. The van der Waals surface area contributed by atoms with Crippen molar-refractivity contribution in [3.63, 3.8) is 0 Å². The zero-order valence-corrected chi connectivity index (χ0v) is 13.0. The molecule has 0 saturated heterocycles. The molecular weight excluding hydrogens is 288 g/mol. The summed E-state index contributed by atoms with van der Waals surface area (Å²) < 4.78 is 0.867. The maximum atomic E-state index is 5.93. The van der Waals surface area contributed by atoms with Crippen LogP contribution in [0.25, 0.3) is 0 Å². The van der Waals surface area contributed by atoms with Gasteiger partial charge in [-0.1, -0.05) is 29.8 Å². The van der Waals surface area contributed by atoms with E-state index in [0.717, 1.165) is 24.0 Å². The molecule has 0 saturated carbocycles. The van der Waals surface area contributed by atoms with E-state index in [9.17, 15) is 0 Å². The molecule has 0 fully saturated rings. The third kappa shape index (κ3) is 3.35. The van der Waals surface area contributed by atoms with Gasteiger partial charge in [0.1, 0.15) is 0 Å². The van der Waals surface area contributed by atoms with Gasteiger partial charge in [0, 0.05) is 36.7 Å². The average molecular weight is 307 g/mol. The number of hydrogen-bond acceptors (Lipinski definition) is 3. The number of anilines is 1. The molecule has 1 aromatic carbocycles. The molecule has 106 valence electrons. The molecule has 2 nitrogen and oxygen atoms in total. The number of thiophene rings is 1. The molecule has 1 aliphatic rings. The first-order valence-electron chi connectivity index (χ1n) is 7.11. The zero-order chi connectivity index (χ0) is 13.8. The minimum atomic E-state index is 0.867. The van der Waals surface area contributed by atoms with E-state index in [-0.39, 0.29) is 0 Å². The first-order chi connectivity index (χ1) is 9.83. The van der Waals surface area contributed by atoms with E-state index in [1.807, 2.05) is 6.07 Å². The third-order valence-corrected chi connectivity index (χ3v) is 4.92. The van der Waals surface area contributed by atoms with Crippen molar-refractivity contribution in [2.75, 3.05) is 24.5 Å². The molecule has 1 aromatic heterocycles. The summed E-state index contributed by atoms with van der Waals surface area (Å²) in [7, 11) is 0. The summed E-state index contributed by atoms with van der Waals surface area (Å²) in [5.41, 5.74) is 2.91. The number of benzene rings is 1. The van der Waals surface area contributed by atoms with E-state index in [0.29, 0.717) is 0 Å². The van der Waals surface area contributed by atoms with Gasteiger partial charge < -0.3 is 10.2 Å². The maximum Gasteiger partial charge on any atom is 0.0931 e. The Kier molecular flexibility index (Phi) is 4.61. The van der Waals surface area contributed by atoms with Crippen molar-refractivity contribution in [1.82, 2.24) is 5.32 Å². The number of para-hydroxylation sites is 1. The largest absolute Gasteiger partial charge is 0.370 e. The van der Waals surface area contributed by atoms with E-state index in [1.165, 1.54) is 35.5 Å². The summed E-state index contributed by atoms with van der Waals surface area (Å²) in [4.78, 5) is 3.79. The van der Waals surface area contributed by atoms with Gasteiger partial charge >= 0.3 is 0 Å². The van der Waals surface area contributed by atoms with Crippen molar-refractivity contribution >= 4 is 28.6 Å². The zero-order valence-electron chi connectivity index (χ0n) is 11.4. The highest BCUT2D eigenvalue weighted by molar-refractivity contribution is 7.16. The summed E-state index contributed by atoms with van der Waals surface area (Å²) in [5, 5.41) is 3.50. The summed E-state index contributed by atoms with van der Waals surface area (Å²) in [6.45, 7) is 4.15. The number of nitrogens with one attached hydrogen (secondary N) is 1. The molecule has 0 spiro atoms. The van der Waals surface area contributed by atoms with Crippen LogP contribution < -0.4 is 10.2 Å². The molecule has 1 aliphatic heterocycles. The Balaban J connectivity index is 1.50. The summed E-state index contributed by atoms with van der Waals surface area (Å²) >= 11 is 7.59. The lowest BCUT2D eigenvalue weighted by atomic mass is 10.0.